The normalized spacial score (nSPS) is 13.7. The fourth-order valence-electron chi connectivity index (χ4n) is 2.29. The van der Waals surface area contributed by atoms with E-state index >= 15 is 0 Å². The maximum absolute atomic E-state index is 13.3. The van der Waals surface area contributed by atoms with Crippen LogP contribution in [0.2, 0.25) is 0 Å². The number of carbonyl (C=O) groups is 2. The number of nitrogens with zero attached hydrogens (tertiary/aromatic N) is 3. The smallest absolute Gasteiger partial charge is 0.256 e. The Labute approximate surface area is 113 Å². The van der Waals surface area contributed by atoms with Crippen molar-refractivity contribution in [1.82, 2.24) is 14.5 Å². The van der Waals surface area contributed by atoms with Crippen molar-refractivity contribution in [1.29, 1.82) is 0 Å². The van der Waals surface area contributed by atoms with E-state index in [-0.39, 0.29) is 23.7 Å². The lowest BCUT2D eigenvalue weighted by Gasteiger charge is -2.14. The molecule has 3 rings (SSSR count). The Bertz CT molecular complexity index is 738. The first kappa shape index (κ1) is 12.3. The molecule has 20 heavy (non-hydrogen) atoms. The fourth-order valence-corrected chi connectivity index (χ4v) is 2.29. The number of hydrogen-bond donors (Lipinski definition) is 0. The number of carboxylic acid groups (broad SMARTS) is 1. The number of halogens is 1. The maximum Gasteiger partial charge on any atom is 0.256 e. The van der Waals surface area contributed by atoms with Gasteiger partial charge >= 0.3 is 0 Å². The summed E-state index contributed by atoms with van der Waals surface area (Å²) in [5.41, 5.74) is 0.664. The van der Waals surface area contributed by atoms with Gasteiger partial charge in [0.15, 0.2) is 0 Å². The van der Waals surface area contributed by atoms with Crippen molar-refractivity contribution in [2.24, 2.45) is 0 Å². The standard InChI is InChI=1S/C13H10FN3O3/c1-16-5-10-11(13(19)20)15-6-17(10)9-3-2-7(14)4-8(9)12(16)18/h2-4,6H,5H2,1H3,(H,19,20)/p-1. The third kappa shape index (κ3) is 1.67. The van der Waals surface area contributed by atoms with Crippen LogP contribution in [0.15, 0.2) is 24.5 Å². The van der Waals surface area contributed by atoms with Crippen molar-refractivity contribution in [3.63, 3.8) is 0 Å². The van der Waals surface area contributed by atoms with Gasteiger partial charge in [-0.3, -0.25) is 9.36 Å². The Morgan fingerprint density at radius 1 is 1.45 bits per heavy atom. The Morgan fingerprint density at radius 2 is 2.20 bits per heavy atom. The Kier molecular flexibility index (Phi) is 2.56. The van der Waals surface area contributed by atoms with Crippen LogP contribution in [0, 0.1) is 5.82 Å². The first-order chi connectivity index (χ1) is 9.49. The molecule has 0 saturated heterocycles. The summed E-state index contributed by atoms with van der Waals surface area (Å²) in [6.45, 7) is 0.0540. The highest BCUT2D eigenvalue weighted by molar-refractivity contribution is 5.98. The predicted molar refractivity (Wildman–Crippen MR) is 63.7 cm³/mol. The highest BCUT2D eigenvalue weighted by Gasteiger charge is 2.26. The van der Waals surface area contributed by atoms with Crippen molar-refractivity contribution < 1.29 is 19.1 Å². The summed E-state index contributed by atoms with van der Waals surface area (Å²) in [7, 11) is 1.51. The zero-order chi connectivity index (χ0) is 14.4. The number of carbonyl (C=O) groups excluding carboxylic acids is 2. The van der Waals surface area contributed by atoms with Gasteiger partial charge in [-0.1, -0.05) is 0 Å². The SMILES string of the molecule is CN1Cc2c(C(=O)[O-])ncn2-c2ccc(F)cc2C1=O. The van der Waals surface area contributed by atoms with Gasteiger partial charge in [-0.05, 0) is 18.2 Å². The van der Waals surface area contributed by atoms with E-state index in [1.165, 1.54) is 35.0 Å². The number of hydrogen-bond acceptors (Lipinski definition) is 4. The minimum atomic E-state index is -1.41. The van der Waals surface area contributed by atoms with E-state index in [0.29, 0.717) is 11.4 Å². The molecule has 0 atom stereocenters. The van der Waals surface area contributed by atoms with Crippen LogP contribution in [0.3, 0.4) is 0 Å². The van der Waals surface area contributed by atoms with E-state index in [9.17, 15) is 19.1 Å². The van der Waals surface area contributed by atoms with Crippen molar-refractivity contribution >= 4 is 11.9 Å². The summed E-state index contributed by atoms with van der Waals surface area (Å²) in [5.74, 6) is -2.33. The summed E-state index contributed by atoms with van der Waals surface area (Å²) in [4.78, 5) is 28.3. The lowest BCUT2D eigenvalue weighted by molar-refractivity contribution is -0.255. The van der Waals surface area contributed by atoms with Crippen LogP contribution < -0.4 is 5.11 Å². The topological polar surface area (TPSA) is 78.3 Å². The summed E-state index contributed by atoms with van der Waals surface area (Å²) in [6, 6.07) is 3.76. The molecule has 102 valence electrons. The van der Waals surface area contributed by atoms with E-state index in [4.69, 9.17) is 0 Å². The number of amides is 1. The average Bonchev–Trinajstić information content (AvgIpc) is 2.77. The molecular formula is C13H9FN3O3-. The van der Waals surface area contributed by atoms with Crippen molar-refractivity contribution in [2.75, 3.05) is 7.05 Å². The first-order valence-corrected chi connectivity index (χ1v) is 5.82. The second-order valence-corrected chi connectivity index (χ2v) is 4.52. The van der Waals surface area contributed by atoms with Gasteiger partial charge in [-0.2, -0.15) is 0 Å². The molecule has 2 heterocycles. The van der Waals surface area contributed by atoms with Gasteiger partial charge < -0.3 is 14.8 Å². The molecule has 0 saturated carbocycles. The number of rotatable bonds is 1. The molecule has 0 fully saturated rings. The molecule has 2 aromatic rings. The van der Waals surface area contributed by atoms with Gasteiger partial charge in [0, 0.05) is 7.05 Å². The largest absolute Gasteiger partial charge is 0.543 e. The van der Waals surface area contributed by atoms with Crippen LogP contribution in [0.5, 0.6) is 0 Å². The Morgan fingerprint density at radius 3 is 2.90 bits per heavy atom. The zero-order valence-electron chi connectivity index (χ0n) is 10.5. The number of imidazole rings is 1. The minimum Gasteiger partial charge on any atom is -0.543 e. The second kappa shape index (κ2) is 4.16. The third-order valence-electron chi connectivity index (χ3n) is 3.24. The molecule has 7 heteroatoms. The third-order valence-corrected chi connectivity index (χ3v) is 3.24. The molecule has 1 aliphatic rings. The molecule has 6 nitrogen and oxygen atoms in total. The van der Waals surface area contributed by atoms with Gasteiger partial charge in [-0.25, -0.2) is 9.37 Å². The molecule has 0 spiro atoms. The van der Waals surface area contributed by atoms with Crippen LogP contribution in [0.25, 0.3) is 5.69 Å². The van der Waals surface area contributed by atoms with Crippen LogP contribution in [0.1, 0.15) is 26.5 Å². The number of aromatic carboxylic acids is 1. The molecule has 0 radical (unpaired) electrons. The highest BCUT2D eigenvalue weighted by Crippen LogP contribution is 2.25. The number of fused-ring (bicyclic) bond motifs is 3. The predicted octanol–water partition coefficient (Wildman–Crippen LogP) is -0.0395. The molecule has 1 aromatic heterocycles. The van der Waals surface area contributed by atoms with Gasteiger partial charge in [0.25, 0.3) is 5.91 Å². The zero-order valence-corrected chi connectivity index (χ0v) is 10.5. The number of aromatic nitrogens is 2. The van der Waals surface area contributed by atoms with Crippen LogP contribution in [-0.4, -0.2) is 33.4 Å². The van der Waals surface area contributed by atoms with Crippen LogP contribution in [-0.2, 0) is 6.54 Å². The molecule has 0 aliphatic carbocycles. The van der Waals surface area contributed by atoms with Gasteiger partial charge in [0.2, 0.25) is 0 Å². The van der Waals surface area contributed by atoms with E-state index < -0.39 is 11.8 Å². The Balaban J connectivity index is 2.31. The maximum atomic E-state index is 13.3. The van der Waals surface area contributed by atoms with E-state index in [1.54, 1.807) is 0 Å². The molecule has 1 amide bonds. The molecular weight excluding hydrogens is 265 g/mol. The number of benzene rings is 1. The lowest BCUT2D eigenvalue weighted by atomic mass is 10.1. The van der Waals surface area contributed by atoms with Gasteiger partial charge in [0.05, 0.1) is 29.5 Å². The average molecular weight is 274 g/mol. The molecule has 0 unspecified atom stereocenters. The summed E-state index contributed by atoms with van der Waals surface area (Å²) in [6.07, 6.45) is 1.30. The molecule has 0 N–H and O–H groups in total. The summed E-state index contributed by atoms with van der Waals surface area (Å²) >= 11 is 0. The van der Waals surface area contributed by atoms with Crippen molar-refractivity contribution in [3.05, 3.63) is 47.3 Å². The number of carboxylic acids is 1. The van der Waals surface area contributed by atoms with Crippen LogP contribution >= 0.6 is 0 Å². The van der Waals surface area contributed by atoms with Gasteiger partial charge in [0.1, 0.15) is 17.8 Å². The second-order valence-electron chi connectivity index (χ2n) is 4.52. The lowest BCUT2D eigenvalue weighted by Crippen LogP contribution is -2.28. The Hall–Kier alpha value is -2.70. The minimum absolute atomic E-state index is 0.0540. The van der Waals surface area contributed by atoms with Gasteiger partial charge in [-0.15, -0.1) is 0 Å². The highest BCUT2D eigenvalue weighted by atomic mass is 19.1. The molecule has 0 bridgehead atoms. The quantitative estimate of drug-likeness (QED) is 0.731. The van der Waals surface area contributed by atoms with E-state index in [1.807, 2.05) is 0 Å². The van der Waals surface area contributed by atoms with Crippen LogP contribution in [0.4, 0.5) is 4.39 Å². The molecule has 1 aromatic carbocycles. The summed E-state index contributed by atoms with van der Waals surface area (Å²) < 4.78 is 14.8. The summed E-state index contributed by atoms with van der Waals surface area (Å²) in [5, 5.41) is 11.1. The van der Waals surface area contributed by atoms with E-state index in [2.05, 4.69) is 4.98 Å². The monoisotopic (exact) mass is 274 g/mol. The van der Waals surface area contributed by atoms with E-state index in [0.717, 1.165) is 6.07 Å². The van der Waals surface area contributed by atoms with Crippen molar-refractivity contribution in [3.8, 4) is 5.69 Å². The first-order valence-electron chi connectivity index (χ1n) is 5.82. The molecule has 1 aliphatic heterocycles. The van der Waals surface area contributed by atoms with Crippen molar-refractivity contribution in [2.45, 2.75) is 6.54 Å². The fraction of sp³-hybridized carbons (Fsp3) is 0.154.